The van der Waals surface area contributed by atoms with Crippen molar-refractivity contribution in [3.05, 3.63) is 29.8 Å². The quantitative estimate of drug-likeness (QED) is 0.372. The van der Waals surface area contributed by atoms with Gasteiger partial charge in [0, 0.05) is 25.7 Å². The second-order valence-electron chi connectivity index (χ2n) is 4.54. The van der Waals surface area contributed by atoms with Crippen LogP contribution in [0.1, 0.15) is 31.7 Å². The van der Waals surface area contributed by atoms with Crippen LogP contribution in [0.3, 0.4) is 0 Å². The second-order valence-corrected chi connectivity index (χ2v) is 4.54. The molecular formula is C12H18N4RbRf2-. The summed E-state index contributed by atoms with van der Waals surface area (Å²) in [7, 11) is 0. The fraction of sp³-hybridized carbons (Fsp3) is 0.583. The summed E-state index contributed by atoms with van der Waals surface area (Å²) in [5.41, 5.74) is 9.38. The maximum absolute atomic E-state index is 7.47. The Hall–Kier alpha value is -1.48. The molecule has 0 aromatic carbocycles. The number of aryl methyl sites for hydroxylation is 1. The minimum Gasteiger partial charge on any atom is -0.783 e. The van der Waals surface area contributed by atoms with Gasteiger partial charge in [0.05, 0.1) is 0 Å². The Morgan fingerprint density at radius 1 is 1.37 bits per heavy atom. The van der Waals surface area contributed by atoms with E-state index >= 15 is 0 Å². The van der Waals surface area contributed by atoms with E-state index in [0.717, 1.165) is 31.7 Å². The van der Waals surface area contributed by atoms with Crippen molar-refractivity contribution in [2.45, 2.75) is 39.4 Å². The first-order chi connectivity index (χ1) is 7.58. The molecule has 0 fully saturated rings. The summed E-state index contributed by atoms with van der Waals surface area (Å²) in [4.78, 5) is 2.41. The topological polar surface area (TPSA) is 44.9 Å². The molecule has 92 valence electrons. The van der Waals surface area contributed by atoms with Gasteiger partial charge in [-0.15, -0.1) is 5.69 Å². The Kier molecular flexibility index (Phi) is 8.19. The molecule has 1 N–H and O–H groups in total. The number of hydrogen-bond acceptors (Lipinski definition) is 2. The maximum atomic E-state index is 7.47. The van der Waals surface area contributed by atoms with Crippen molar-refractivity contribution in [2.24, 2.45) is 0 Å². The van der Waals surface area contributed by atoms with Gasteiger partial charge in [-0.1, -0.05) is 0 Å². The number of nitrogens with one attached hydrogen (secondary N) is 1. The van der Waals surface area contributed by atoms with E-state index in [4.69, 9.17) is 5.73 Å². The Balaban J connectivity index is 0. The Labute approximate surface area is 152 Å². The van der Waals surface area contributed by atoms with Gasteiger partial charge in [0.1, 0.15) is 0 Å². The molecular weight excluding hydrogens is 820 g/mol. The zero-order valence-electron chi connectivity index (χ0n) is 12.4. The van der Waals surface area contributed by atoms with E-state index in [-0.39, 0.29) is 63.9 Å². The summed E-state index contributed by atoms with van der Waals surface area (Å²) in [6, 6.07) is 3.72. The van der Waals surface area contributed by atoms with E-state index in [1.54, 1.807) is 0 Å². The SMILES string of the molecule is C=C([NH-])c1[c-]c2n(n1)CCCN(C(C)C)C2.[Rb+].[Rf].[Rf]. The van der Waals surface area contributed by atoms with Crippen LogP contribution in [-0.2, 0) is 13.1 Å². The fourth-order valence-electron chi connectivity index (χ4n) is 1.98. The summed E-state index contributed by atoms with van der Waals surface area (Å²) in [6.45, 7) is 10.9. The number of aromatic nitrogens is 2. The molecule has 0 unspecified atom stereocenters. The molecule has 1 aliphatic heterocycles. The molecule has 2 rings (SSSR count). The van der Waals surface area contributed by atoms with Gasteiger partial charge in [0.2, 0.25) is 0 Å². The van der Waals surface area contributed by atoms with Crippen molar-refractivity contribution in [3.8, 4) is 0 Å². The number of fused-ring (bicyclic) bond motifs is 1. The first kappa shape index (κ1) is 19.8. The number of nitrogens with zero attached hydrogens (tertiary/aromatic N) is 3. The number of rotatable bonds is 2. The fourth-order valence-corrected chi connectivity index (χ4v) is 1.98. The van der Waals surface area contributed by atoms with Crippen LogP contribution in [0.2, 0.25) is 0 Å². The first-order valence-corrected chi connectivity index (χ1v) is 5.72. The smallest absolute Gasteiger partial charge is 0.783 e. The average Bonchev–Trinajstić information content (AvgIpc) is 2.50. The standard InChI is InChI=1S/C12H18N4.Rb.2Rf/c1-9(2)15-5-4-6-16-11(8-15)7-12(14-16)10(3)13;;;/h9,13H,3-6,8H2,1-2H3;;;/q-2;+1;;. The molecule has 19 heavy (non-hydrogen) atoms. The molecule has 0 spiro atoms. The summed E-state index contributed by atoms with van der Waals surface area (Å²) in [5, 5.41) is 4.35. The normalized spacial score (nSPS) is 14.5. The molecule has 7 heteroatoms. The molecule has 0 radical (unpaired) electrons. The molecule has 1 aromatic rings. The van der Waals surface area contributed by atoms with E-state index < -0.39 is 0 Å². The van der Waals surface area contributed by atoms with Crippen LogP contribution in [0.25, 0.3) is 11.4 Å². The zero-order chi connectivity index (χ0) is 11.7. The van der Waals surface area contributed by atoms with E-state index in [1.165, 1.54) is 0 Å². The van der Waals surface area contributed by atoms with Gasteiger partial charge in [0.15, 0.2) is 0 Å². The van der Waals surface area contributed by atoms with Crippen molar-refractivity contribution in [2.75, 3.05) is 6.54 Å². The Morgan fingerprint density at radius 2 is 2.00 bits per heavy atom. The Bertz CT molecular complexity index is 406. The summed E-state index contributed by atoms with van der Waals surface area (Å²) in [6.07, 6.45) is 1.10. The van der Waals surface area contributed by atoms with Crippen LogP contribution in [-0.4, -0.2) is 27.3 Å². The van der Waals surface area contributed by atoms with Crippen LogP contribution < -0.4 is 58.2 Å². The molecule has 0 atom stereocenters. The van der Waals surface area contributed by atoms with Gasteiger partial charge in [-0.05, 0) is 26.0 Å². The summed E-state index contributed by atoms with van der Waals surface area (Å²) < 4.78 is 1.97. The Morgan fingerprint density at radius 3 is 2.53 bits per heavy atom. The van der Waals surface area contributed by atoms with E-state index in [9.17, 15) is 0 Å². The molecule has 1 aromatic heterocycles. The van der Waals surface area contributed by atoms with Crippen LogP contribution in [0.4, 0.5) is 0 Å². The van der Waals surface area contributed by atoms with E-state index in [0.29, 0.717) is 11.7 Å². The monoisotopic (exact) mass is 837 g/mol. The molecule has 2 heterocycles. The molecule has 0 aliphatic carbocycles. The van der Waals surface area contributed by atoms with Gasteiger partial charge >= 0.3 is 58.2 Å². The maximum Gasteiger partial charge on any atom is 1.00 e. The third-order valence-electron chi connectivity index (χ3n) is 2.98. The minimum absolute atomic E-state index is 0. The van der Waals surface area contributed by atoms with Crippen LogP contribution in [0.5, 0.6) is 0 Å². The largest absolute Gasteiger partial charge is 1.00 e. The summed E-state index contributed by atoms with van der Waals surface area (Å²) in [5.74, 6) is 0. The second kappa shape index (κ2) is 7.84. The van der Waals surface area contributed by atoms with Crippen molar-refractivity contribution in [1.82, 2.24) is 14.7 Å². The van der Waals surface area contributed by atoms with Gasteiger partial charge in [-0.3, -0.25) is 15.3 Å². The van der Waals surface area contributed by atoms with Crippen molar-refractivity contribution in [1.29, 1.82) is 0 Å². The molecule has 0 bridgehead atoms. The van der Waals surface area contributed by atoms with Crippen LogP contribution in [0, 0.1) is 6.07 Å². The van der Waals surface area contributed by atoms with Crippen molar-refractivity contribution < 1.29 is 58.2 Å². The zero-order valence-corrected chi connectivity index (χ0v) is 30.1. The third-order valence-corrected chi connectivity index (χ3v) is 2.98. The minimum atomic E-state index is 0. The molecule has 1 aliphatic rings. The number of hydrogen-bond donors (Lipinski definition) is 0. The average molecular weight is 838 g/mol. The van der Waals surface area contributed by atoms with Gasteiger partial charge in [-0.25, -0.2) is 5.10 Å². The van der Waals surface area contributed by atoms with Gasteiger partial charge < -0.3 is 5.73 Å². The molecule has 0 saturated carbocycles. The predicted molar refractivity (Wildman–Crippen MR) is 64.6 cm³/mol. The first-order valence-electron chi connectivity index (χ1n) is 5.72. The van der Waals surface area contributed by atoms with Gasteiger partial charge in [-0.2, -0.15) is 12.6 Å². The van der Waals surface area contributed by atoms with E-state index in [2.05, 4.69) is 36.5 Å². The van der Waals surface area contributed by atoms with Gasteiger partial charge in [0.25, 0.3) is 0 Å². The predicted octanol–water partition coefficient (Wildman–Crippen LogP) is -0.676. The molecule has 0 saturated heterocycles. The third kappa shape index (κ3) is 4.28. The van der Waals surface area contributed by atoms with Crippen LogP contribution in [0.15, 0.2) is 6.58 Å². The molecule has 0 amide bonds. The van der Waals surface area contributed by atoms with Crippen molar-refractivity contribution >= 4 is 5.70 Å². The van der Waals surface area contributed by atoms with E-state index in [1.807, 2.05) is 4.68 Å². The molecule has 4 nitrogen and oxygen atoms in total. The van der Waals surface area contributed by atoms with Crippen molar-refractivity contribution in [3.63, 3.8) is 0 Å². The summed E-state index contributed by atoms with van der Waals surface area (Å²) >= 11 is 0. The van der Waals surface area contributed by atoms with Crippen LogP contribution >= 0.6 is 0 Å².